The van der Waals surface area contributed by atoms with Crippen LogP contribution in [0, 0.1) is 12.8 Å². The number of hydrogen-bond acceptors (Lipinski definition) is 4. The van der Waals surface area contributed by atoms with Crippen molar-refractivity contribution in [3.05, 3.63) is 83.9 Å². The molecule has 1 fully saturated rings. The molecule has 4 rings (SSSR count). The number of pyridine rings is 1. The van der Waals surface area contributed by atoms with Gasteiger partial charge in [-0.05, 0) is 55.9 Å². The van der Waals surface area contributed by atoms with E-state index < -0.39 is 0 Å². The quantitative estimate of drug-likeness (QED) is 0.516. The molecule has 1 unspecified atom stereocenters. The van der Waals surface area contributed by atoms with Crippen LogP contribution in [0.15, 0.2) is 67.0 Å². The van der Waals surface area contributed by atoms with Crippen molar-refractivity contribution in [1.29, 1.82) is 0 Å². The Hall–Kier alpha value is -3.48. The van der Waals surface area contributed by atoms with Gasteiger partial charge in [0, 0.05) is 51.5 Å². The zero-order valence-electron chi connectivity index (χ0n) is 20.0. The first kappa shape index (κ1) is 23.7. The van der Waals surface area contributed by atoms with Crippen molar-refractivity contribution < 1.29 is 9.59 Å². The van der Waals surface area contributed by atoms with E-state index in [-0.39, 0.29) is 17.9 Å². The van der Waals surface area contributed by atoms with Crippen LogP contribution in [-0.2, 0) is 17.8 Å². The summed E-state index contributed by atoms with van der Waals surface area (Å²) in [5.74, 6) is 0.425. The van der Waals surface area contributed by atoms with Gasteiger partial charge in [0.2, 0.25) is 5.91 Å². The largest absolute Gasteiger partial charge is 0.343 e. The monoisotopic (exact) mass is 459 g/mol. The summed E-state index contributed by atoms with van der Waals surface area (Å²) < 4.78 is 1.83. The number of nitrogens with zero attached hydrogens (tertiary/aromatic N) is 5. The van der Waals surface area contributed by atoms with Gasteiger partial charge in [-0.1, -0.05) is 36.4 Å². The minimum atomic E-state index is -0.0606. The van der Waals surface area contributed by atoms with Gasteiger partial charge in [0.05, 0.1) is 5.69 Å². The number of hydrogen-bond donors (Lipinski definition) is 0. The highest BCUT2D eigenvalue weighted by molar-refractivity contribution is 5.92. The van der Waals surface area contributed by atoms with Gasteiger partial charge in [0.1, 0.15) is 5.69 Å². The van der Waals surface area contributed by atoms with Gasteiger partial charge in [0.15, 0.2) is 0 Å². The average Bonchev–Trinajstić information content (AvgIpc) is 3.31. The van der Waals surface area contributed by atoms with Crippen LogP contribution < -0.4 is 0 Å². The van der Waals surface area contributed by atoms with Crippen molar-refractivity contribution in [3.8, 4) is 0 Å². The average molecular weight is 460 g/mol. The lowest BCUT2D eigenvalue weighted by Gasteiger charge is -2.40. The third-order valence-corrected chi connectivity index (χ3v) is 6.75. The summed E-state index contributed by atoms with van der Waals surface area (Å²) in [6.45, 7) is 3.99. The Bertz CT molecular complexity index is 1070. The zero-order valence-corrected chi connectivity index (χ0v) is 20.0. The predicted molar refractivity (Wildman–Crippen MR) is 131 cm³/mol. The minimum Gasteiger partial charge on any atom is -0.343 e. The zero-order chi connectivity index (χ0) is 23.9. The van der Waals surface area contributed by atoms with Crippen molar-refractivity contribution in [2.24, 2.45) is 5.92 Å². The van der Waals surface area contributed by atoms with E-state index in [9.17, 15) is 9.59 Å². The Morgan fingerprint density at radius 1 is 1.06 bits per heavy atom. The molecule has 1 atom stereocenters. The molecule has 3 heterocycles. The molecule has 3 aromatic rings. The fourth-order valence-corrected chi connectivity index (χ4v) is 4.79. The highest BCUT2D eigenvalue weighted by atomic mass is 16.2. The van der Waals surface area contributed by atoms with Gasteiger partial charge in [-0.3, -0.25) is 19.3 Å². The molecule has 7 nitrogen and oxygen atoms in total. The molecule has 0 aliphatic carbocycles. The van der Waals surface area contributed by atoms with E-state index in [0.717, 1.165) is 38.0 Å². The summed E-state index contributed by atoms with van der Waals surface area (Å²) >= 11 is 0. The Balaban J connectivity index is 1.40. The van der Waals surface area contributed by atoms with E-state index in [1.54, 1.807) is 12.3 Å². The number of carbonyl (C=O) groups is 2. The van der Waals surface area contributed by atoms with E-state index >= 15 is 0 Å². The fourth-order valence-electron chi connectivity index (χ4n) is 4.79. The molecular weight excluding hydrogens is 426 g/mol. The number of aromatic nitrogens is 3. The molecular formula is C27H33N5O2. The number of likely N-dealkylation sites (tertiary alicyclic amines) is 1. The SMILES string of the molecule is Cc1ccn(CCC(=O)N2CCC(C(Cc3ccccc3)N(C)C(=O)c3ccccn3)CC2)n1. The van der Waals surface area contributed by atoms with Crippen LogP contribution in [0.25, 0.3) is 0 Å². The van der Waals surface area contributed by atoms with Crippen LogP contribution in [0.2, 0.25) is 0 Å². The molecule has 2 amide bonds. The molecule has 178 valence electrons. The summed E-state index contributed by atoms with van der Waals surface area (Å²) in [4.78, 5) is 34.1. The van der Waals surface area contributed by atoms with Gasteiger partial charge in [0.25, 0.3) is 5.91 Å². The highest BCUT2D eigenvalue weighted by Gasteiger charge is 2.33. The number of amides is 2. The van der Waals surface area contributed by atoms with Crippen LogP contribution >= 0.6 is 0 Å². The van der Waals surface area contributed by atoms with E-state index in [2.05, 4.69) is 22.2 Å². The van der Waals surface area contributed by atoms with Gasteiger partial charge < -0.3 is 9.80 Å². The van der Waals surface area contributed by atoms with Gasteiger partial charge in [-0.15, -0.1) is 0 Å². The topological polar surface area (TPSA) is 71.3 Å². The molecule has 1 saturated heterocycles. The van der Waals surface area contributed by atoms with E-state index in [1.165, 1.54) is 5.56 Å². The molecule has 1 aromatic carbocycles. The first-order valence-corrected chi connectivity index (χ1v) is 12.0. The number of aryl methyl sites for hydroxylation is 2. The van der Waals surface area contributed by atoms with Crippen molar-refractivity contribution >= 4 is 11.8 Å². The molecule has 0 spiro atoms. The van der Waals surface area contributed by atoms with Crippen molar-refractivity contribution in [2.45, 2.75) is 45.2 Å². The van der Waals surface area contributed by atoms with Crippen molar-refractivity contribution in [2.75, 3.05) is 20.1 Å². The summed E-state index contributed by atoms with van der Waals surface area (Å²) in [7, 11) is 1.88. The third-order valence-electron chi connectivity index (χ3n) is 6.75. The normalized spacial score (nSPS) is 15.2. The van der Waals surface area contributed by atoms with Gasteiger partial charge in [-0.25, -0.2) is 0 Å². The van der Waals surface area contributed by atoms with Gasteiger partial charge in [-0.2, -0.15) is 5.10 Å². The lowest BCUT2D eigenvalue weighted by molar-refractivity contribution is -0.133. The Morgan fingerprint density at radius 3 is 2.44 bits per heavy atom. The molecule has 1 aliphatic rings. The number of rotatable bonds is 8. The second kappa shape index (κ2) is 11.1. The van der Waals surface area contributed by atoms with Gasteiger partial charge >= 0.3 is 0 Å². The molecule has 2 aromatic heterocycles. The van der Waals surface area contributed by atoms with E-state index in [1.807, 2.05) is 71.0 Å². The van der Waals surface area contributed by atoms with Crippen LogP contribution in [0.3, 0.4) is 0 Å². The summed E-state index contributed by atoms with van der Waals surface area (Å²) in [5.41, 5.74) is 2.63. The van der Waals surface area contributed by atoms with E-state index in [0.29, 0.717) is 24.6 Å². The Kier molecular flexibility index (Phi) is 7.72. The Labute approximate surface area is 201 Å². The molecule has 0 saturated carbocycles. The van der Waals surface area contributed by atoms with Crippen LogP contribution in [0.5, 0.6) is 0 Å². The molecule has 0 bridgehead atoms. The number of likely N-dealkylation sites (N-methyl/N-ethyl adjacent to an activating group) is 1. The van der Waals surface area contributed by atoms with Crippen LogP contribution in [-0.4, -0.2) is 62.6 Å². The first-order chi connectivity index (χ1) is 16.5. The number of piperidine rings is 1. The summed E-state index contributed by atoms with van der Waals surface area (Å²) in [5, 5.41) is 4.37. The van der Waals surface area contributed by atoms with Crippen LogP contribution in [0.4, 0.5) is 0 Å². The van der Waals surface area contributed by atoms with Crippen LogP contribution in [0.1, 0.15) is 41.0 Å². The molecule has 0 radical (unpaired) electrons. The number of benzene rings is 1. The van der Waals surface area contributed by atoms with E-state index in [4.69, 9.17) is 0 Å². The minimum absolute atomic E-state index is 0.0428. The maximum atomic E-state index is 13.2. The summed E-state index contributed by atoms with van der Waals surface area (Å²) in [6.07, 6.45) is 6.57. The lowest BCUT2D eigenvalue weighted by Crippen LogP contribution is -2.48. The maximum Gasteiger partial charge on any atom is 0.272 e. The second-order valence-corrected chi connectivity index (χ2v) is 9.08. The lowest BCUT2D eigenvalue weighted by atomic mass is 9.84. The molecule has 34 heavy (non-hydrogen) atoms. The number of carbonyl (C=O) groups excluding carboxylic acids is 2. The fraction of sp³-hybridized carbons (Fsp3) is 0.407. The first-order valence-electron chi connectivity index (χ1n) is 12.0. The van der Waals surface area contributed by atoms with Crippen molar-refractivity contribution in [1.82, 2.24) is 24.6 Å². The molecule has 7 heteroatoms. The Morgan fingerprint density at radius 2 is 1.79 bits per heavy atom. The molecule has 1 aliphatic heterocycles. The summed E-state index contributed by atoms with van der Waals surface area (Å²) in [6, 6.07) is 17.7. The highest BCUT2D eigenvalue weighted by Crippen LogP contribution is 2.27. The predicted octanol–water partition coefficient (Wildman–Crippen LogP) is 3.60. The van der Waals surface area contributed by atoms with Crippen molar-refractivity contribution in [3.63, 3.8) is 0 Å². The third kappa shape index (κ3) is 5.90. The standard InChI is InChI=1S/C27H33N5O2/c1-21-11-18-32(29-21)19-14-26(33)31-16-12-23(13-17-31)25(20-22-8-4-3-5-9-22)30(2)27(34)24-10-6-7-15-28-24/h3-11,15,18,23,25H,12-14,16-17,19-20H2,1-2H3. The maximum absolute atomic E-state index is 13.2. The second-order valence-electron chi connectivity index (χ2n) is 9.08. The molecule has 0 N–H and O–H groups in total. The smallest absolute Gasteiger partial charge is 0.272 e.